The quantitative estimate of drug-likeness (QED) is 0.705. The summed E-state index contributed by atoms with van der Waals surface area (Å²) in [5.41, 5.74) is 3.04. The maximum absolute atomic E-state index is 14.1. The Morgan fingerprint density at radius 1 is 1.19 bits per heavy atom. The van der Waals surface area contributed by atoms with Crippen molar-refractivity contribution in [3.8, 4) is 5.75 Å². The van der Waals surface area contributed by atoms with Crippen molar-refractivity contribution in [1.29, 1.82) is 0 Å². The van der Waals surface area contributed by atoms with Gasteiger partial charge in [-0.15, -0.1) is 0 Å². The molecule has 1 unspecified atom stereocenters. The number of para-hydroxylation sites is 1. The number of benzene rings is 2. The lowest BCUT2D eigenvalue weighted by atomic mass is 10.1. The summed E-state index contributed by atoms with van der Waals surface area (Å²) in [5.74, 6) is 0.582. The number of anilines is 2. The van der Waals surface area contributed by atoms with Crippen molar-refractivity contribution < 1.29 is 9.13 Å². The number of hydrogen-bond acceptors (Lipinski definition) is 5. The van der Waals surface area contributed by atoms with Crippen LogP contribution in [0.4, 0.5) is 15.9 Å². The molecular weight excluding hydrogens is 331 g/mol. The summed E-state index contributed by atoms with van der Waals surface area (Å²) in [6.45, 7) is 3.77. The first-order valence-electron chi connectivity index (χ1n) is 8.62. The number of rotatable bonds is 2. The van der Waals surface area contributed by atoms with Crippen molar-refractivity contribution in [2.45, 2.75) is 19.5 Å². The minimum Gasteiger partial charge on any atom is -0.494 e. The first kappa shape index (κ1) is 16.6. The highest BCUT2D eigenvalue weighted by molar-refractivity contribution is 5.91. The van der Waals surface area contributed by atoms with E-state index in [-0.39, 0.29) is 11.8 Å². The van der Waals surface area contributed by atoms with Gasteiger partial charge in [0.1, 0.15) is 12.1 Å². The molecule has 1 aliphatic rings. The molecule has 3 aromatic rings. The largest absolute Gasteiger partial charge is 0.494 e. The van der Waals surface area contributed by atoms with Gasteiger partial charge in [-0.05, 0) is 24.6 Å². The van der Waals surface area contributed by atoms with Gasteiger partial charge in [0.05, 0.1) is 12.6 Å². The van der Waals surface area contributed by atoms with E-state index < -0.39 is 5.82 Å². The summed E-state index contributed by atoms with van der Waals surface area (Å²) >= 11 is 0. The van der Waals surface area contributed by atoms with Gasteiger partial charge in [-0.3, -0.25) is 0 Å². The molecule has 0 saturated heterocycles. The van der Waals surface area contributed by atoms with Crippen molar-refractivity contribution in [3.05, 3.63) is 54.1 Å². The second-order valence-electron chi connectivity index (χ2n) is 6.69. The van der Waals surface area contributed by atoms with Gasteiger partial charge in [0.25, 0.3) is 0 Å². The van der Waals surface area contributed by atoms with Crippen LogP contribution in [-0.4, -0.2) is 36.7 Å². The van der Waals surface area contributed by atoms with Crippen LogP contribution in [0.2, 0.25) is 0 Å². The van der Waals surface area contributed by atoms with Gasteiger partial charge >= 0.3 is 0 Å². The maximum Gasteiger partial charge on any atom is 0.167 e. The fraction of sp³-hybridized carbons (Fsp3) is 0.300. The predicted molar refractivity (Wildman–Crippen MR) is 101 cm³/mol. The minimum absolute atomic E-state index is 0.202. The molecule has 0 saturated carbocycles. The second kappa shape index (κ2) is 6.44. The number of methoxy groups -OCH3 is 1. The molecule has 6 heteroatoms. The Morgan fingerprint density at radius 2 is 2.00 bits per heavy atom. The van der Waals surface area contributed by atoms with E-state index in [0.717, 1.165) is 24.3 Å². The van der Waals surface area contributed by atoms with Gasteiger partial charge in [0, 0.05) is 43.3 Å². The molecule has 0 amide bonds. The van der Waals surface area contributed by atoms with E-state index in [9.17, 15) is 4.39 Å². The van der Waals surface area contributed by atoms with Crippen LogP contribution in [-0.2, 0) is 6.54 Å². The second-order valence-corrected chi connectivity index (χ2v) is 6.69. The van der Waals surface area contributed by atoms with Crippen molar-refractivity contribution in [2.75, 3.05) is 30.5 Å². The van der Waals surface area contributed by atoms with Crippen LogP contribution < -0.4 is 14.5 Å². The van der Waals surface area contributed by atoms with E-state index >= 15 is 0 Å². The smallest absolute Gasteiger partial charge is 0.167 e. The van der Waals surface area contributed by atoms with Gasteiger partial charge < -0.3 is 14.5 Å². The monoisotopic (exact) mass is 352 g/mol. The van der Waals surface area contributed by atoms with Gasteiger partial charge in [-0.25, -0.2) is 14.4 Å². The Balaban J connectivity index is 1.86. The molecule has 0 N–H and O–H groups in total. The minimum atomic E-state index is -0.418. The number of likely N-dealkylation sites (N-methyl/N-ethyl adjacent to an activating group) is 1. The molecule has 0 spiro atoms. The van der Waals surface area contributed by atoms with E-state index in [1.165, 1.54) is 30.8 Å². The first-order chi connectivity index (χ1) is 12.6. The van der Waals surface area contributed by atoms with Crippen molar-refractivity contribution in [3.63, 3.8) is 0 Å². The third-order valence-corrected chi connectivity index (χ3v) is 4.97. The maximum atomic E-state index is 14.1. The third-order valence-electron chi connectivity index (χ3n) is 4.97. The fourth-order valence-electron chi connectivity index (χ4n) is 3.66. The molecule has 4 rings (SSSR count). The van der Waals surface area contributed by atoms with Crippen LogP contribution in [0, 0.1) is 5.82 Å². The molecule has 1 atom stereocenters. The SMILES string of the molecule is COc1cc2c(N3Cc4ccccc4N(C)CC3C)ncnc2cc1F. The highest BCUT2D eigenvalue weighted by Crippen LogP contribution is 2.34. The lowest BCUT2D eigenvalue weighted by molar-refractivity contribution is 0.387. The number of aromatic nitrogens is 2. The van der Waals surface area contributed by atoms with Gasteiger partial charge in [-0.1, -0.05) is 18.2 Å². The number of halogens is 1. The molecule has 1 aromatic heterocycles. The van der Waals surface area contributed by atoms with E-state index in [1.54, 1.807) is 6.07 Å². The fourth-order valence-corrected chi connectivity index (χ4v) is 3.66. The Hall–Kier alpha value is -2.89. The zero-order valence-corrected chi connectivity index (χ0v) is 15.1. The van der Waals surface area contributed by atoms with Gasteiger partial charge in [-0.2, -0.15) is 0 Å². The molecule has 5 nitrogen and oxygen atoms in total. The van der Waals surface area contributed by atoms with Crippen LogP contribution in [0.25, 0.3) is 10.9 Å². The Labute approximate surface area is 152 Å². The highest BCUT2D eigenvalue weighted by Gasteiger charge is 2.26. The summed E-state index contributed by atoms with van der Waals surface area (Å²) in [4.78, 5) is 13.3. The molecular formula is C20H21FN4O. The third kappa shape index (κ3) is 2.71. The molecule has 0 aliphatic carbocycles. The lowest BCUT2D eigenvalue weighted by Crippen LogP contribution is -2.38. The molecule has 134 valence electrons. The van der Waals surface area contributed by atoms with E-state index in [4.69, 9.17) is 4.74 Å². The first-order valence-corrected chi connectivity index (χ1v) is 8.62. The predicted octanol–water partition coefficient (Wildman–Crippen LogP) is 3.62. The summed E-state index contributed by atoms with van der Waals surface area (Å²) in [7, 11) is 3.57. The van der Waals surface area contributed by atoms with Crippen LogP contribution in [0.15, 0.2) is 42.7 Å². The summed E-state index contributed by atoms with van der Waals surface area (Å²) in [6.07, 6.45) is 1.50. The molecule has 1 aliphatic heterocycles. The zero-order valence-electron chi connectivity index (χ0n) is 15.1. The van der Waals surface area contributed by atoms with Crippen LogP contribution in [0.1, 0.15) is 12.5 Å². The van der Waals surface area contributed by atoms with Crippen LogP contribution in [0.5, 0.6) is 5.75 Å². The summed E-state index contributed by atoms with van der Waals surface area (Å²) in [5, 5.41) is 0.791. The Kier molecular flexibility index (Phi) is 4.11. The normalized spacial score (nSPS) is 17.2. The number of ether oxygens (including phenoxy) is 1. The van der Waals surface area contributed by atoms with E-state index in [2.05, 4.69) is 58.0 Å². The molecule has 0 radical (unpaired) electrons. The average molecular weight is 352 g/mol. The molecule has 2 aromatic carbocycles. The number of hydrogen-bond donors (Lipinski definition) is 0. The Bertz CT molecular complexity index is 962. The van der Waals surface area contributed by atoms with E-state index in [1.807, 2.05) is 0 Å². The zero-order chi connectivity index (χ0) is 18.3. The van der Waals surface area contributed by atoms with E-state index in [0.29, 0.717) is 5.52 Å². The van der Waals surface area contributed by atoms with Crippen molar-refractivity contribution >= 4 is 22.4 Å². The van der Waals surface area contributed by atoms with Gasteiger partial charge in [0.15, 0.2) is 11.6 Å². The Morgan fingerprint density at radius 3 is 2.81 bits per heavy atom. The number of nitrogens with zero attached hydrogens (tertiary/aromatic N) is 4. The lowest BCUT2D eigenvalue weighted by Gasteiger charge is -2.30. The average Bonchev–Trinajstić information content (AvgIpc) is 2.77. The van der Waals surface area contributed by atoms with Crippen molar-refractivity contribution in [2.24, 2.45) is 0 Å². The van der Waals surface area contributed by atoms with Gasteiger partial charge in [0.2, 0.25) is 0 Å². The van der Waals surface area contributed by atoms with Crippen LogP contribution in [0.3, 0.4) is 0 Å². The molecule has 26 heavy (non-hydrogen) atoms. The summed E-state index contributed by atoms with van der Waals surface area (Å²) < 4.78 is 19.2. The van der Waals surface area contributed by atoms with Crippen molar-refractivity contribution in [1.82, 2.24) is 9.97 Å². The molecule has 0 bridgehead atoms. The topological polar surface area (TPSA) is 41.5 Å². The highest BCUT2D eigenvalue weighted by atomic mass is 19.1. The summed E-state index contributed by atoms with van der Waals surface area (Å²) in [6, 6.07) is 11.7. The number of fused-ring (bicyclic) bond motifs is 2. The van der Waals surface area contributed by atoms with Crippen LogP contribution >= 0.6 is 0 Å². The standard InChI is InChI=1S/C20H21FN4O/c1-13-10-24(2)18-7-5-4-6-14(18)11-25(13)20-15-8-19(26-3)16(21)9-17(15)22-12-23-20/h4-9,12-13H,10-11H2,1-3H3. The molecule has 0 fully saturated rings. The molecule has 2 heterocycles.